The Kier molecular flexibility index (Phi) is 4.21. The number of aryl methyl sites for hydroxylation is 1. The van der Waals surface area contributed by atoms with Gasteiger partial charge in [-0.2, -0.15) is 13.2 Å². The number of rotatable bonds is 3. The van der Waals surface area contributed by atoms with E-state index in [9.17, 15) is 18.3 Å². The number of aromatic nitrogens is 1. The van der Waals surface area contributed by atoms with Gasteiger partial charge >= 0.3 is 6.18 Å². The standard InChI is InChI=1S/C17H19F3N2O/c1-21-7-3-6-14(21)10-22-11-15(23)9-16(22)12-4-2-5-13(8-12)17(18,19)20/h2-8,15-16,23H,9-11H2,1H3. The van der Waals surface area contributed by atoms with Crippen molar-refractivity contribution < 1.29 is 18.3 Å². The number of hydrogen-bond donors (Lipinski definition) is 1. The molecule has 1 fully saturated rings. The van der Waals surface area contributed by atoms with Crippen LogP contribution in [0.1, 0.15) is 29.3 Å². The van der Waals surface area contributed by atoms with Crippen LogP contribution in [0.15, 0.2) is 42.6 Å². The Morgan fingerprint density at radius 1 is 1.22 bits per heavy atom. The highest BCUT2D eigenvalue weighted by molar-refractivity contribution is 5.29. The summed E-state index contributed by atoms with van der Waals surface area (Å²) < 4.78 is 40.7. The quantitative estimate of drug-likeness (QED) is 0.938. The molecule has 0 amide bonds. The van der Waals surface area contributed by atoms with Gasteiger partial charge in [0.2, 0.25) is 0 Å². The van der Waals surface area contributed by atoms with Crippen molar-refractivity contribution in [2.75, 3.05) is 6.54 Å². The molecule has 3 rings (SSSR count). The molecule has 1 N–H and O–H groups in total. The first-order valence-corrected chi connectivity index (χ1v) is 7.54. The van der Waals surface area contributed by atoms with Crippen LogP contribution in [0.3, 0.4) is 0 Å². The molecule has 3 nitrogen and oxygen atoms in total. The molecular weight excluding hydrogens is 305 g/mol. The highest BCUT2D eigenvalue weighted by Gasteiger charge is 2.35. The summed E-state index contributed by atoms with van der Waals surface area (Å²) in [6.07, 6.45) is -2.49. The molecule has 1 aromatic heterocycles. The van der Waals surface area contributed by atoms with Gasteiger partial charge < -0.3 is 9.67 Å². The van der Waals surface area contributed by atoms with E-state index in [1.807, 2.05) is 34.8 Å². The fourth-order valence-electron chi connectivity index (χ4n) is 3.19. The maximum Gasteiger partial charge on any atom is 0.416 e. The van der Waals surface area contributed by atoms with Gasteiger partial charge in [-0.3, -0.25) is 4.90 Å². The van der Waals surface area contributed by atoms with Gasteiger partial charge in [0.25, 0.3) is 0 Å². The Balaban J connectivity index is 1.86. The van der Waals surface area contributed by atoms with Gasteiger partial charge in [-0.1, -0.05) is 12.1 Å². The van der Waals surface area contributed by atoms with Gasteiger partial charge in [-0.05, 0) is 36.2 Å². The van der Waals surface area contributed by atoms with Crippen LogP contribution >= 0.6 is 0 Å². The van der Waals surface area contributed by atoms with E-state index < -0.39 is 17.8 Å². The molecule has 2 atom stereocenters. The van der Waals surface area contributed by atoms with Crippen LogP contribution in [0, 0.1) is 0 Å². The molecule has 1 aliphatic heterocycles. The Morgan fingerprint density at radius 3 is 2.65 bits per heavy atom. The minimum absolute atomic E-state index is 0.206. The highest BCUT2D eigenvalue weighted by Crippen LogP contribution is 2.36. The maximum atomic E-state index is 12.9. The molecule has 0 saturated carbocycles. The summed E-state index contributed by atoms with van der Waals surface area (Å²) in [5.41, 5.74) is 1.02. The minimum Gasteiger partial charge on any atom is -0.392 e. The summed E-state index contributed by atoms with van der Waals surface area (Å²) in [6, 6.07) is 9.12. The molecule has 0 bridgehead atoms. The average Bonchev–Trinajstić information content (AvgIpc) is 3.05. The van der Waals surface area contributed by atoms with Crippen molar-refractivity contribution in [3.8, 4) is 0 Å². The van der Waals surface area contributed by atoms with E-state index in [1.54, 1.807) is 6.07 Å². The number of alkyl halides is 3. The van der Waals surface area contributed by atoms with E-state index in [0.29, 0.717) is 25.1 Å². The molecule has 1 saturated heterocycles. The second-order valence-electron chi connectivity index (χ2n) is 6.07. The first-order chi connectivity index (χ1) is 10.8. The van der Waals surface area contributed by atoms with Crippen molar-refractivity contribution in [1.82, 2.24) is 9.47 Å². The number of aliphatic hydroxyl groups excluding tert-OH is 1. The van der Waals surface area contributed by atoms with Crippen LogP contribution in [0.2, 0.25) is 0 Å². The van der Waals surface area contributed by atoms with Crippen molar-refractivity contribution in [2.45, 2.75) is 31.3 Å². The Bertz CT molecular complexity index is 680. The second kappa shape index (κ2) is 6.02. The molecular formula is C17H19F3N2O. The lowest BCUT2D eigenvalue weighted by Crippen LogP contribution is -2.25. The topological polar surface area (TPSA) is 28.4 Å². The molecule has 0 radical (unpaired) electrons. The van der Waals surface area contributed by atoms with Gasteiger partial charge in [0.15, 0.2) is 0 Å². The monoisotopic (exact) mass is 324 g/mol. The summed E-state index contributed by atoms with van der Waals surface area (Å²) in [6.45, 7) is 1.06. The van der Waals surface area contributed by atoms with Crippen LogP contribution in [0.4, 0.5) is 13.2 Å². The fraction of sp³-hybridized carbons (Fsp3) is 0.412. The fourth-order valence-corrected chi connectivity index (χ4v) is 3.19. The maximum absolute atomic E-state index is 12.9. The zero-order chi connectivity index (χ0) is 16.6. The van der Waals surface area contributed by atoms with Crippen molar-refractivity contribution >= 4 is 0 Å². The largest absolute Gasteiger partial charge is 0.416 e. The van der Waals surface area contributed by atoms with Crippen LogP contribution < -0.4 is 0 Å². The number of hydrogen-bond acceptors (Lipinski definition) is 2. The molecule has 2 aromatic rings. The molecule has 1 aliphatic rings. The van der Waals surface area contributed by atoms with Crippen molar-refractivity contribution in [3.63, 3.8) is 0 Å². The molecule has 0 aliphatic carbocycles. The lowest BCUT2D eigenvalue weighted by molar-refractivity contribution is -0.137. The SMILES string of the molecule is Cn1cccc1CN1CC(O)CC1c1cccc(C(F)(F)F)c1. The van der Waals surface area contributed by atoms with E-state index in [-0.39, 0.29) is 6.04 Å². The van der Waals surface area contributed by atoms with Gasteiger partial charge in [0, 0.05) is 38.1 Å². The third kappa shape index (κ3) is 3.43. The molecule has 6 heteroatoms. The molecule has 2 unspecified atom stereocenters. The number of aliphatic hydroxyl groups is 1. The molecule has 124 valence electrons. The van der Waals surface area contributed by atoms with Crippen LogP contribution in [0.25, 0.3) is 0 Å². The Labute approximate surface area is 133 Å². The number of β-amino-alcohol motifs (C(OH)–C–C–N with tert-alkyl or cyclic N) is 1. The lowest BCUT2D eigenvalue weighted by atomic mass is 10.0. The number of nitrogens with zero attached hydrogens (tertiary/aromatic N) is 2. The van der Waals surface area contributed by atoms with Gasteiger partial charge in [0.05, 0.1) is 11.7 Å². The van der Waals surface area contributed by atoms with Gasteiger partial charge in [-0.25, -0.2) is 0 Å². The smallest absolute Gasteiger partial charge is 0.392 e. The van der Waals surface area contributed by atoms with Gasteiger partial charge in [-0.15, -0.1) is 0 Å². The van der Waals surface area contributed by atoms with Crippen LogP contribution in [-0.4, -0.2) is 27.2 Å². The summed E-state index contributed by atoms with van der Waals surface area (Å²) in [4.78, 5) is 2.04. The number of halogens is 3. The number of benzene rings is 1. The van der Waals surface area contributed by atoms with E-state index >= 15 is 0 Å². The summed E-state index contributed by atoms with van der Waals surface area (Å²) >= 11 is 0. The third-order valence-corrected chi connectivity index (χ3v) is 4.40. The van der Waals surface area contributed by atoms with Crippen molar-refractivity contribution in [3.05, 3.63) is 59.4 Å². The first-order valence-electron chi connectivity index (χ1n) is 7.54. The molecule has 2 heterocycles. The van der Waals surface area contributed by atoms with Crippen molar-refractivity contribution in [1.29, 1.82) is 0 Å². The zero-order valence-electron chi connectivity index (χ0n) is 12.8. The van der Waals surface area contributed by atoms with Crippen LogP contribution in [-0.2, 0) is 19.8 Å². The Morgan fingerprint density at radius 2 is 2.00 bits per heavy atom. The van der Waals surface area contributed by atoms with E-state index in [2.05, 4.69) is 0 Å². The normalized spacial score (nSPS) is 22.7. The van der Waals surface area contributed by atoms with Crippen molar-refractivity contribution in [2.24, 2.45) is 7.05 Å². The predicted octanol–water partition coefficient (Wildman–Crippen LogP) is 3.35. The summed E-state index contributed by atoms with van der Waals surface area (Å²) in [5.74, 6) is 0. The second-order valence-corrected chi connectivity index (χ2v) is 6.07. The minimum atomic E-state index is -4.35. The zero-order valence-corrected chi connectivity index (χ0v) is 12.8. The molecule has 1 aromatic carbocycles. The lowest BCUT2D eigenvalue weighted by Gasteiger charge is -2.25. The third-order valence-electron chi connectivity index (χ3n) is 4.40. The molecule has 0 spiro atoms. The number of likely N-dealkylation sites (tertiary alicyclic amines) is 1. The molecule has 23 heavy (non-hydrogen) atoms. The first kappa shape index (κ1) is 16.1. The Hall–Kier alpha value is -1.79. The van der Waals surface area contributed by atoms with Crippen LogP contribution in [0.5, 0.6) is 0 Å². The van der Waals surface area contributed by atoms with E-state index in [0.717, 1.165) is 11.8 Å². The van der Waals surface area contributed by atoms with E-state index in [4.69, 9.17) is 0 Å². The summed E-state index contributed by atoms with van der Waals surface area (Å²) in [7, 11) is 1.93. The summed E-state index contributed by atoms with van der Waals surface area (Å²) in [5, 5.41) is 9.99. The van der Waals surface area contributed by atoms with Gasteiger partial charge in [0.1, 0.15) is 0 Å². The highest BCUT2D eigenvalue weighted by atomic mass is 19.4. The average molecular weight is 324 g/mol. The van der Waals surface area contributed by atoms with E-state index in [1.165, 1.54) is 12.1 Å². The predicted molar refractivity (Wildman–Crippen MR) is 80.6 cm³/mol.